The molecule has 2 unspecified atom stereocenters. The molecule has 29 heavy (non-hydrogen) atoms. The van der Waals surface area contributed by atoms with Gasteiger partial charge in [0.15, 0.2) is 0 Å². The second kappa shape index (κ2) is 9.02. The van der Waals surface area contributed by atoms with E-state index >= 15 is 0 Å². The van der Waals surface area contributed by atoms with E-state index in [-0.39, 0.29) is 18.8 Å². The fraction of sp³-hybridized carbons (Fsp3) is 0.600. The average Bonchev–Trinajstić information content (AvgIpc) is 2.50. The second-order valence-electron chi connectivity index (χ2n) is 5.76. The summed E-state index contributed by atoms with van der Waals surface area (Å²) in [5, 5.41) is 10.1. The molecule has 2 rings (SSSR count). The highest BCUT2D eigenvalue weighted by Crippen LogP contribution is 2.66. The van der Waals surface area contributed by atoms with Crippen molar-refractivity contribution >= 4 is 29.3 Å². The molecule has 0 aromatic carbocycles. The van der Waals surface area contributed by atoms with Crippen molar-refractivity contribution in [1.29, 1.82) is 0 Å². The molecule has 0 radical (unpaired) electrons. The molecule has 0 aliphatic carbocycles. The normalized spacial score (nSPS) is 27.1. The quantitative estimate of drug-likeness (QED) is 0.240. The van der Waals surface area contributed by atoms with Crippen molar-refractivity contribution in [3.63, 3.8) is 0 Å². The number of aliphatic hydroxyl groups is 1. The van der Waals surface area contributed by atoms with Crippen LogP contribution in [0.4, 0.5) is 5.82 Å². The Hall–Kier alpha value is -0.990. The molecule has 7 N–H and O–H groups in total. The molecule has 0 bridgehead atoms. The lowest BCUT2D eigenvalue weighted by Crippen LogP contribution is -2.44. The summed E-state index contributed by atoms with van der Waals surface area (Å²) in [6, 6.07) is 0.753. The maximum absolute atomic E-state index is 11.8. The minimum atomic E-state index is -5.64. The number of anilines is 1. The molecule has 1 saturated heterocycles. The van der Waals surface area contributed by atoms with Crippen LogP contribution in [0.5, 0.6) is 0 Å². The molecule has 1 aromatic rings. The number of nitrogens with zero attached hydrogens (tertiary/aromatic N) is 2. The number of phosphoric acid groups is 3. The Morgan fingerprint density at radius 3 is 2.41 bits per heavy atom. The first-order valence-corrected chi connectivity index (χ1v) is 12.1. The van der Waals surface area contributed by atoms with Gasteiger partial charge in [-0.1, -0.05) is 0 Å². The van der Waals surface area contributed by atoms with E-state index in [0.717, 1.165) is 0 Å². The Morgan fingerprint density at radius 1 is 1.21 bits per heavy atom. The zero-order valence-electron chi connectivity index (χ0n) is 14.3. The number of nitrogen functional groups attached to an aromatic ring is 1. The van der Waals surface area contributed by atoms with Crippen LogP contribution in [-0.2, 0) is 31.6 Å². The van der Waals surface area contributed by atoms with Gasteiger partial charge in [-0.05, 0) is 12.5 Å². The van der Waals surface area contributed by atoms with Gasteiger partial charge in [-0.3, -0.25) is 9.09 Å². The van der Waals surface area contributed by atoms with E-state index in [1.807, 2.05) is 0 Å². The molecule has 1 aliphatic heterocycles. The predicted molar refractivity (Wildman–Crippen MR) is 92.1 cm³/mol. The van der Waals surface area contributed by atoms with Crippen LogP contribution in [0.1, 0.15) is 12.5 Å². The van der Waals surface area contributed by atoms with Gasteiger partial charge in [0.05, 0.1) is 25.4 Å². The van der Waals surface area contributed by atoms with Gasteiger partial charge in [-0.25, -0.2) is 18.5 Å². The van der Waals surface area contributed by atoms with E-state index < -0.39 is 54.0 Å². The van der Waals surface area contributed by atoms with E-state index in [4.69, 9.17) is 25.2 Å². The van der Waals surface area contributed by atoms with Crippen LogP contribution < -0.4 is 11.4 Å². The van der Waals surface area contributed by atoms with Gasteiger partial charge in [0.2, 0.25) is 0 Å². The number of aromatic nitrogens is 2. The summed E-state index contributed by atoms with van der Waals surface area (Å²) >= 11 is 0. The third kappa shape index (κ3) is 7.64. The highest BCUT2D eigenvalue weighted by atomic mass is 31.3. The molecule has 0 spiro atoms. The Bertz CT molecular complexity index is 931. The lowest BCUT2D eigenvalue weighted by molar-refractivity contribution is -0.111. The molecule has 0 saturated carbocycles. The Balaban J connectivity index is 1.93. The highest BCUT2D eigenvalue weighted by Gasteiger charge is 2.42. The molecule has 19 heteroatoms. The van der Waals surface area contributed by atoms with Crippen LogP contribution in [0.3, 0.4) is 0 Å². The minimum Gasteiger partial charge on any atom is -0.390 e. The van der Waals surface area contributed by atoms with Gasteiger partial charge in [0.1, 0.15) is 11.9 Å². The zero-order chi connectivity index (χ0) is 22.0. The number of nitrogens with two attached hydrogens (primary N) is 1. The summed E-state index contributed by atoms with van der Waals surface area (Å²) in [6.45, 7) is -0.917. The van der Waals surface area contributed by atoms with Gasteiger partial charge in [0, 0.05) is 6.20 Å². The number of aliphatic hydroxyl groups excluding tert-OH is 1. The van der Waals surface area contributed by atoms with E-state index in [2.05, 4.69) is 18.1 Å². The van der Waals surface area contributed by atoms with Crippen molar-refractivity contribution in [3.8, 4) is 0 Å². The molecule has 0 amide bonds. The summed E-state index contributed by atoms with van der Waals surface area (Å²) in [5.74, 6) is 0.0115. The first-order valence-electron chi connectivity index (χ1n) is 7.60. The Kier molecular flexibility index (Phi) is 7.55. The number of hydrogen-bond acceptors (Lipinski definition) is 11. The summed E-state index contributed by atoms with van der Waals surface area (Å²) in [5.41, 5.74) is 4.72. The fourth-order valence-electron chi connectivity index (χ4n) is 2.37. The SMILES string of the molecule is Nc1ccn([C@@H]2CO[C@H](COP(=O)(O)OP(=O)(O)OP(=O)(O)O)[C@@H](O)C2)c(=O)n1. The van der Waals surface area contributed by atoms with Crippen molar-refractivity contribution in [3.05, 3.63) is 22.7 Å². The number of hydrogen-bond donors (Lipinski definition) is 6. The van der Waals surface area contributed by atoms with Crippen LogP contribution in [0.15, 0.2) is 17.1 Å². The summed E-state index contributed by atoms with van der Waals surface area (Å²) in [4.78, 5) is 50.7. The first kappa shape index (κ1) is 24.3. The Morgan fingerprint density at radius 2 is 1.86 bits per heavy atom. The minimum absolute atomic E-state index is 0.0115. The molecule has 5 atom stereocenters. The average molecular weight is 481 g/mol. The van der Waals surface area contributed by atoms with Gasteiger partial charge in [0.25, 0.3) is 0 Å². The van der Waals surface area contributed by atoms with E-state index in [0.29, 0.717) is 0 Å². The van der Waals surface area contributed by atoms with E-state index in [1.54, 1.807) is 0 Å². The van der Waals surface area contributed by atoms with Crippen LogP contribution in [-0.4, -0.2) is 59.7 Å². The standard InChI is InChI=1S/C10H18N3O13P3/c11-9-1-2-13(10(15)12-9)6-3-7(14)8(23-4-6)5-24-28(19,20)26-29(21,22)25-27(16,17)18/h1-2,6-8,14H,3-5H2,(H,19,20)(H,21,22)(H2,11,12,15)(H2,16,17,18)/t6-,7-,8+/m0/s1. The van der Waals surface area contributed by atoms with E-state index in [9.17, 15) is 28.5 Å². The lowest BCUT2D eigenvalue weighted by atomic mass is 10.0. The van der Waals surface area contributed by atoms with Crippen molar-refractivity contribution in [1.82, 2.24) is 9.55 Å². The van der Waals surface area contributed by atoms with Crippen molar-refractivity contribution in [2.75, 3.05) is 18.9 Å². The van der Waals surface area contributed by atoms with Crippen LogP contribution in [0.2, 0.25) is 0 Å². The Labute approximate surface area is 162 Å². The smallest absolute Gasteiger partial charge is 0.390 e. The molecule has 166 valence electrons. The molecule has 1 aliphatic rings. The first-order chi connectivity index (χ1) is 13.2. The monoisotopic (exact) mass is 481 g/mol. The lowest BCUT2D eigenvalue weighted by Gasteiger charge is -2.34. The summed E-state index contributed by atoms with van der Waals surface area (Å²) in [7, 11) is -16.5. The maximum atomic E-state index is 11.8. The van der Waals surface area contributed by atoms with Crippen molar-refractivity contribution < 1.29 is 56.3 Å². The summed E-state index contributed by atoms with van der Waals surface area (Å²) < 4.78 is 51.5. The van der Waals surface area contributed by atoms with Gasteiger partial charge < -0.3 is 35.2 Å². The largest absolute Gasteiger partial charge is 0.490 e. The maximum Gasteiger partial charge on any atom is 0.490 e. The molecule has 16 nitrogen and oxygen atoms in total. The second-order valence-corrected chi connectivity index (χ2v) is 10.2. The molecule has 2 heterocycles. The molecule has 1 fully saturated rings. The molecular formula is C10H18N3O13P3. The number of phosphoric ester groups is 1. The topological polar surface area (TPSA) is 250 Å². The highest BCUT2D eigenvalue weighted by molar-refractivity contribution is 7.66. The third-order valence-corrected chi connectivity index (χ3v) is 7.31. The van der Waals surface area contributed by atoms with Gasteiger partial charge >= 0.3 is 29.2 Å². The fourth-order valence-corrected chi connectivity index (χ4v) is 5.40. The molecule has 1 aromatic heterocycles. The van der Waals surface area contributed by atoms with Crippen molar-refractivity contribution in [2.24, 2.45) is 0 Å². The van der Waals surface area contributed by atoms with Gasteiger partial charge in [-0.15, -0.1) is 0 Å². The van der Waals surface area contributed by atoms with Crippen LogP contribution in [0, 0.1) is 0 Å². The van der Waals surface area contributed by atoms with E-state index in [1.165, 1.54) is 16.8 Å². The van der Waals surface area contributed by atoms with Crippen LogP contribution >= 0.6 is 23.5 Å². The van der Waals surface area contributed by atoms with Crippen LogP contribution in [0.25, 0.3) is 0 Å². The van der Waals surface area contributed by atoms with Crippen molar-refractivity contribution in [2.45, 2.75) is 24.7 Å². The predicted octanol–water partition coefficient (Wildman–Crippen LogP) is -1.14. The summed E-state index contributed by atoms with van der Waals surface area (Å²) in [6.07, 6.45) is -1.15. The zero-order valence-corrected chi connectivity index (χ0v) is 17.0. The van der Waals surface area contributed by atoms with Gasteiger partial charge in [-0.2, -0.15) is 13.6 Å². The number of rotatable bonds is 8. The molecular weight excluding hydrogens is 463 g/mol. The number of ether oxygens (including phenoxy) is 1. The third-order valence-electron chi connectivity index (χ3n) is 3.51.